The van der Waals surface area contributed by atoms with E-state index in [0.717, 1.165) is 11.1 Å². The molecule has 1 fully saturated rings. The molecule has 1 heterocycles. The maximum absolute atomic E-state index is 13.1. The van der Waals surface area contributed by atoms with Gasteiger partial charge in [-0.25, -0.2) is 0 Å². The average Bonchev–Trinajstić information content (AvgIpc) is 2.69. The zero-order valence-electron chi connectivity index (χ0n) is 15.5. The minimum absolute atomic E-state index is 0.00711. The van der Waals surface area contributed by atoms with Gasteiger partial charge in [0.25, 0.3) is 0 Å². The summed E-state index contributed by atoms with van der Waals surface area (Å²) in [6, 6.07) is 19.0. The van der Waals surface area contributed by atoms with Crippen molar-refractivity contribution in [1.29, 1.82) is 0 Å². The van der Waals surface area contributed by atoms with Gasteiger partial charge in [-0.15, -0.1) is 0 Å². The van der Waals surface area contributed by atoms with Gasteiger partial charge in [0.1, 0.15) is 12.6 Å². The number of unbranched alkanes of at least 4 members (excludes halogenated alkanes) is 1. The highest BCUT2D eigenvalue weighted by Crippen LogP contribution is 2.22. The fourth-order valence-corrected chi connectivity index (χ4v) is 3.49. The number of rotatable bonds is 8. The molecule has 1 aliphatic rings. The molecule has 1 atom stereocenters. The number of nitrogens with zero attached hydrogens (tertiary/aromatic N) is 2. The number of benzene rings is 2. The van der Waals surface area contributed by atoms with Gasteiger partial charge in [0.15, 0.2) is 0 Å². The summed E-state index contributed by atoms with van der Waals surface area (Å²) in [7, 11) is 0. The van der Waals surface area contributed by atoms with Crippen molar-refractivity contribution in [2.75, 3.05) is 13.2 Å². The lowest BCUT2D eigenvalue weighted by Crippen LogP contribution is -2.59. The number of hydrogen-bond donors (Lipinski definition) is 1. The number of aliphatic hydroxyl groups excluding tert-OH is 1. The van der Waals surface area contributed by atoms with E-state index in [0.29, 0.717) is 32.4 Å². The van der Waals surface area contributed by atoms with E-state index in [1.165, 1.54) is 0 Å². The zero-order chi connectivity index (χ0) is 19.1. The molecule has 1 saturated heterocycles. The van der Waals surface area contributed by atoms with E-state index in [1.807, 2.05) is 60.7 Å². The van der Waals surface area contributed by atoms with E-state index in [1.54, 1.807) is 9.80 Å². The summed E-state index contributed by atoms with van der Waals surface area (Å²) in [6.07, 6.45) is 1.92. The van der Waals surface area contributed by atoms with Crippen molar-refractivity contribution in [2.24, 2.45) is 0 Å². The lowest BCUT2D eigenvalue weighted by Gasteiger charge is -2.40. The topological polar surface area (TPSA) is 60.9 Å². The predicted octanol–water partition coefficient (Wildman–Crippen LogP) is 2.59. The van der Waals surface area contributed by atoms with Gasteiger partial charge in [-0.1, -0.05) is 60.7 Å². The van der Waals surface area contributed by atoms with Gasteiger partial charge in [-0.3, -0.25) is 9.59 Å². The van der Waals surface area contributed by atoms with E-state index in [9.17, 15) is 9.59 Å². The number of amides is 2. The minimum Gasteiger partial charge on any atom is -0.396 e. The number of hydrogen-bond acceptors (Lipinski definition) is 3. The normalized spacial score (nSPS) is 17.4. The molecule has 1 aliphatic heterocycles. The van der Waals surface area contributed by atoms with Crippen LogP contribution in [0.2, 0.25) is 0 Å². The second-order valence-electron chi connectivity index (χ2n) is 6.92. The third kappa shape index (κ3) is 4.95. The van der Waals surface area contributed by atoms with Crippen LogP contribution >= 0.6 is 0 Å². The van der Waals surface area contributed by atoms with Gasteiger partial charge in [0.2, 0.25) is 11.8 Å². The van der Waals surface area contributed by atoms with Crippen molar-refractivity contribution < 1.29 is 14.7 Å². The smallest absolute Gasteiger partial charge is 0.246 e. The minimum atomic E-state index is -0.471. The molecule has 27 heavy (non-hydrogen) atoms. The molecular weight excluding hydrogens is 340 g/mol. The van der Waals surface area contributed by atoms with Crippen molar-refractivity contribution >= 4 is 11.8 Å². The van der Waals surface area contributed by atoms with Crippen LogP contribution in [0, 0.1) is 0 Å². The molecule has 1 N–H and O–H groups in total. The van der Waals surface area contributed by atoms with Crippen LogP contribution in [-0.4, -0.2) is 45.9 Å². The quantitative estimate of drug-likeness (QED) is 0.731. The van der Waals surface area contributed by atoms with Crippen LogP contribution in [0.1, 0.15) is 30.4 Å². The highest BCUT2D eigenvalue weighted by molar-refractivity contribution is 5.94. The van der Waals surface area contributed by atoms with Crippen LogP contribution < -0.4 is 0 Å². The molecule has 0 aromatic heterocycles. The Morgan fingerprint density at radius 3 is 2.04 bits per heavy atom. The van der Waals surface area contributed by atoms with Crippen molar-refractivity contribution in [3.8, 4) is 0 Å². The lowest BCUT2D eigenvalue weighted by atomic mass is 10.0. The maximum Gasteiger partial charge on any atom is 0.246 e. The van der Waals surface area contributed by atoms with Gasteiger partial charge < -0.3 is 14.9 Å². The molecule has 2 aromatic rings. The van der Waals surface area contributed by atoms with E-state index in [-0.39, 0.29) is 25.0 Å². The SMILES string of the molecule is O=C1C(CCCCO)N(Cc2ccccc2)C(=O)CN1Cc1ccccc1. The summed E-state index contributed by atoms with van der Waals surface area (Å²) in [6.45, 7) is 1.09. The zero-order valence-corrected chi connectivity index (χ0v) is 15.5. The Balaban J connectivity index is 1.77. The molecule has 0 bridgehead atoms. The summed E-state index contributed by atoms with van der Waals surface area (Å²) >= 11 is 0. The Morgan fingerprint density at radius 2 is 1.44 bits per heavy atom. The lowest BCUT2D eigenvalue weighted by molar-refractivity contribution is -0.157. The Labute approximate surface area is 160 Å². The first-order valence-corrected chi connectivity index (χ1v) is 9.46. The fraction of sp³-hybridized carbons (Fsp3) is 0.364. The van der Waals surface area contributed by atoms with E-state index in [2.05, 4.69) is 0 Å². The van der Waals surface area contributed by atoms with Gasteiger partial charge in [0.05, 0.1) is 0 Å². The number of carbonyl (C=O) groups is 2. The summed E-state index contributed by atoms with van der Waals surface area (Å²) < 4.78 is 0. The van der Waals surface area contributed by atoms with Crippen LogP contribution in [0.5, 0.6) is 0 Å². The average molecular weight is 366 g/mol. The predicted molar refractivity (Wildman–Crippen MR) is 104 cm³/mol. The summed E-state index contributed by atoms with van der Waals surface area (Å²) in [4.78, 5) is 29.4. The molecule has 5 heteroatoms. The maximum atomic E-state index is 13.1. The first kappa shape index (κ1) is 19.1. The number of carbonyl (C=O) groups excluding carboxylic acids is 2. The molecular formula is C22H26N2O3. The molecule has 2 aromatic carbocycles. The summed E-state index contributed by atoms with van der Waals surface area (Å²) in [5.41, 5.74) is 2.03. The molecule has 0 spiro atoms. The van der Waals surface area contributed by atoms with Crippen molar-refractivity contribution in [3.63, 3.8) is 0 Å². The Bertz CT molecular complexity index is 749. The molecule has 0 saturated carbocycles. The van der Waals surface area contributed by atoms with Gasteiger partial charge in [-0.05, 0) is 30.4 Å². The first-order valence-electron chi connectivity index (χ1n) is 9.46. The van der Waals surface area contributed by atoms with Crippen molar-refractivity contribution in [2.45, 2.75) is 38.4 Å². The van der Waals surface area contributed by atoms with E-state index in [4.69, 9.17) is 5.11 Å². The Hall–Kier alpha value is -2.66. The van der Waals surface area contributed by atoms with Crippen LogP contribution in [0.4, 0.5) is 0 Å². The first-order chi connectivity index (χ1) is 13.2. The second kappa shape index (κ2) is 9.33. The summed E-state index contributed by atoms with van der Waals surface area (Å²) in [5, 5.41) is 9.09. The van der Waals surface area contributed by atoms with Crippen molar-refractivity contribution in [1.82, 2.24) is 9.80 Å². The molecule has 0 radical (unpaired) electrons. The molecule has 1 unspecified atom stereocenters. The second-order valence-corrected chi connectivity index (χ2v) is 6.92. The molecule has 0 aliphatic carbocycles. The Morgan fingerprint density at radius 1 is 0.852 bits per heavy atom. The molecule has 3 rings (SSSR count). The third-order valence-electron chi connectivity index (χ3n) is 4.92. The van der Waals surface area contributed by atoms with Crippen LogP contribution in [0.25, 0.3) is 0 Å². The van der Waals surface area contributed by atoms with Crippen LogP contribution in [0.15, 0.2) is 60.7 Å². The highest BCUT2D eigenvalue weighted by Gasteiger charge is 2.38. The van der Waals surface area contributed by atoms with E-state index >= 15 is 0 Å². The van der Waals surface area contributed by atoms with Crippen molar-refractivity contribution in [3.05, 3.63) is 71.8 Å². The highest BCUT2D eigenvalue weighted by atomic mass is 16.3. The van der Waals surface area contributed by atoms with Crippen LogP contribution in [-0.2, 0) is 22.7 Å². The van der Waals surface area contributed by atoms with Crippen LogP contribution in [0.3, 0.4) is 0 Å². The molecule has 5 nitrogen and oxygen atoms in total. The van der Waals surface area contributed by atoms with Gasteiger partial charge in [0, 0.05) is 19.7 Å². The monoisotopic (exact) mass is 366 g/mol. The fourth-order valence-electron chi connectivity index (χ4n) is 3.49. The molecule has 2 amide bonds. The Kier molecular flexibility index (Phi) is 6.60. The number of aliphatic hydroxyl groups is 1. The standard InChI is InChI=1S/C22H26N2O3/c25-14-8-7-13-20-22(27)23(15-18-9-3-1-4-10-18)17-21(26)24(20)16-19-11-5-2-6-12-19/h1-6,9-12,20,25H,7-8,13-17H2. The van der Waals surface area contributed by atoms with E-state index < -0.39 is 6.04 Å². The van der Waals surface area contributed by atoms with Gasteiger partial charge >= 0.3 is 0 Å². The molecule has 142 valence electrons. The number of piperazine rings is 1. The summed E-state index contributed by atoms with van der Waals surface area (Å²) in [5.74, 6) is -0.0318. The third-order valence-corrected chi connectivity index (χ3v) is 4.92. The largest absolute Gasteiger partial charge is 0.396 e. The van der Waals surface area contributed by atoms with Gasteiger partial charge in [-0.2, -0.15) is 0 Å².